The number of halogens is 1. The van der Waals surface area contributed by atoms with Crippen LogP contribution in [0, 0.1) is 0 Å². The summed E-state index contributed by atoms with van der Waals surface area (Å²) in [5, 5.41) is 1.26. The largest absolute Gasteiger partial charge is 0.351 e. The smallest absolute Gasteiger partial charge is 0.0477 e. The molecule has 0 aliphatic rings. The van der Waals surface area contributed by atoms with Crippen LogP contribution in [0.15, 0.2) is 30.5 Å². The minimum atomic E-state index is 0. The third-order valence-corrected chi connectivity index (χ3v) is 2.19. The summed E-state index contributed by atoms with van der Waals surface area (Å²) < 4.78 is 2.11. The van der Waals surface area contributed by atoms with Gasteiger partial charge in [-0.2, -0.15) is 0 Å². The van der Waals surface area contributed by atoms with E-state index < -0.39 is 0 Å². The van der Waals surface area contributed by atoms with Crippen molar-refractivity contribution in [2.45, 2.75) is 6.54 Å². The van der Waals surface area contributed by atoms with Gasteiger partial charge in [-0.1, -0.05) is 6.07 Å². The lowest BCUT2D eigenvalue weighted by atomic mass is 10.1. The Labute approximate surface area is 83.8 Å². The molecule has 0 radical (unpaired) electrons. The Kier molecular flexibility index (Phi) is 2.96. The van der Waals surface area contributed by atoms with Crippen LogP contribution >= 0.6 is 12.4 Å². The standard InChI is InChI=1S/C10H12N2.ClH/c1-12-5-4-9-6-8(7-11)2-3-10(9)12;/h2-6H,7,11H2,1H3;1H. The molecule has 0 amide bonds. The predicted molar refractivity (Wildman–Crippen MR) is 58.1 cm³/mol. The second-order valence-corrected chi connectivity index (χ2v) is 3.02. The van der Waals surface area contributed by atoms with E-state index in [1.54, 1.807) is 0 Å². The lowest BCUT2D eigenvalue weighted by Crippen LogP contribution is -1.95. The highest BCUT2D eigenvalue weighted by Gasteiger charge is 1.97. The molecule has 3 heteroatoms. The van der Waals surface area contributed by atoms with Crippen molar-refractivity contribution in [1.82, 2.24) is 4.57 Å². The predicted octanol–water partition coefficient (Wildman–Crippen LogP) is 2.06. The van der Waals surface area contributed by atoms with Crippen molar-refractivity contribution in [3.05, 3.63) is 36.0 Å². The van der Waals surface area contributed by atoms with Crippen molar-refractivity contribution in [3.8, 4) is 0 Å². The van der Waals surface area contributed by atoms with Gasteiger partial charge in [0.25, 0.3) is 0 Å². The fourth-order valence-electron chi connectivity index (χ4n) is 1.46. The first-order valence-electron chi connectivity index (χ1n) is 4.05. The van der Waals surface area contributed by atoms with Crippen molar-refractivity contribution in [1.29, 1.82) is 0 Å². The van der Waals surface area contributed by atoms with Crippen LogP contribution in [0.4, 0.5) is 0 Å². The molecule has 0 atom stereocenters. The molecule has 2 aromatic rings. The van der Waals surface area contributed by atoms with Gasteiger partial charge in [0.2, 0.25) is 0 Å². The number of hydrogen-bond acceptors (Lipinski definition) is 1. The van der Waals surface area contributed by atoms with Crippen LogP contribution in [-0.4, -0.2) is 4.57 Å². The normalized spacial score (nSPS) is 10.0. The van der Waals surface area contributed by atoms with Crippen molar-refractivity contribution in [3.63, 3.8) is 0 Å². The van der Waals surface area contributed by atoms with Gasteiger partial charge in [-0.15, -0.1) is 12.4 Å². The summed E-state index contributed by atoms with van der Waals surface area (Å²) in [5.74, 6) is 0. The SMILES string of the molecule is Cl.Cn1ccc2cc(CN)ccc21. The molecule has 0 bridgehead atoms. The topological polar surface area (TPSA) is 30.9 Å². The van der Waals surface area contributed by atoms with Gasteiger partial charge in [-0.3, -0.25) is 0 Å². The highest BCUT2D eigenvalue weighted by Crippen LogP contribution is 2.15. The van der Waals surface area contributed by atoms with Crippen LogP contribution in [0.3, 0.4) is 0 Å². The van der Waals surface area contributed by atoms with Gasteiger partial charge in [-0.05, 0) is 29.1 Å². The Hall–Kier alpha value is -0.990. The van der Waals surface area contributed by atoms with Crippen molar-refractivity contribution in [2.75, 3.05) is 0 Å². The van der Waals surface area contributed by atoms with E-state index in [4.69, 9.17) is 5.73 Å². The molecule has 1 aromatic carbocycles. The van der Waals surface area contributed by atoms with E-state index in [-0.39, 0.29) is 12.4 Å². The first kappa shape index (κ1) is 10.1. The molecule has 0 fully saturated rings. The maximum atomic E-state index is 5.54. The summed E-state index contributed by atoms with van der Waals surface area (Å²) in [4.78, 5) is 0. The van der Waals surface area contributed by atoms with Crippen molar-refractivity contribution >= 4 is 23.3 Å². The quantitative estimate of drug-likeness (QED) is 0.744. The third-order valence-electron chi connectivity index (χ3n) is 2.19. The summed E-state index contributed by atoms with van der Waals surface area (Å²) in [7, 11) is 2.05. The monoisotopic (exact) mass is 196 g/mol. The van der Waals surface area contributed by atoms with E-state index in [1.165, 1.54) is 16.5 Å². The van der Waals surface area contributed by atoms with Gasteiger partial charge >= 0.3 is 0 Å². The molecule has 0 aliphatic carbocycles. The summed E-state index contributed by atoms with van der Waals surface area (Å²) in [6.45, 7) is 0.616. The maximum absolute atomic E-state index is 5.54. The summed E-state index contributed by atoms with van der Waals surface area (Å²) >= 11 is 0. The highest BCUT2D eigenvalue weighted by atomic mass is 35.5. The third kappa shape index (κ3) is 1.69. The number of benzene rings is 1. The first-order chi connectivity index (χ1) is 5.81. The van der Waals surface area contributed by atoms with Crippen LogP contribution in [0.1, 0.15) is 5.56 Å². The molecule has 0 saturated carbocycles. The first-order valence-corrected chi connectivity index (χ1v) is 4.05. The zero-order chi connectivity index (χ0) is 8.55. The van der Waals surface area contributed by atoms with E-state index in [0.717, 1.165) is 0 Å². The molecule has 1 heterocycles. The molecule has 2 nitrogen and oxygen atoms in total. The lowest BCUT2D eigenvalue weighted by Gasteiger charge is -1.98. The fraction of sp³-hybridized carbons (Fsp3) is 0.200. The van der Waals surface area contributed by atoms with Crippen LogP contribution < -0.4 is 5.73 Å². The van der Waals surface area contributed by atoms with Crippen molar-refractivity contribution in [2.24, 2.45) is 12.8 Å². The summed E-state index contributed by atoms with van der Waals surface area (Å²) in [6.07, 6.45) is 2.06. The van der Waals surface area contributed by atoms with Crippen LogP contribution in [0.5, 0.6) is 0 Å². The Morgan fingerprint density at radius 1 is 1.31 bits per heavy atom. The Morgan fingerprint density at radius 3 is 2.77 bits per heavy atom. The van der Waals surface area contributed by atoms with Gasteiger partial charge in [0.15, 0.2) is 0 Å². The van der Waals surface area contributed by atoms with E-state index in [1.807, 2.05) is 7.05 Å². The molecule has 2 N–H and O–H groups in total. The number of hydrogen-bond donors (Lipinski definition) is 1. The second-order valence-electron chi connectivity index (χ2n) is 3.02. The van der Waals surface area contributed by atoms with Crippen molar-refractivity contribution < 1.29 is 0 Å². The zero-order valence-electron chi connectivity index (χ0n) is 7.53. The molecular weight excluding hydrogens is 184 g/mol. The van der Waals surface area contributed by atoms with Crippen LogP contribution in [-0.2, 0) is 13.6 Å². The van der Waals surface area contributed by atoms with E-state index >= 15 is 0 Å². The number of nitrogens with zero attached hydrogens (tertiary/aromatic N) is 1. The van der Waals surface area contributed by atoms with E-state index in [2.05, 4.69) is 35.0 Å². The number of aromatic nitrogens is 1. The minimum absolute atomic E-state index is 0. The molecular formula is C10H13ClN2. The Bertz CT molecular complexity index is 406. The number of rotatable bonds is 1. The fourth-order valence-corrected chi connectivity index (χ4v) is 1.46. The zero-order valence-corrected chi connectivity index (χ0v) is 8.34. The molecule has 0 aliphatic heterocycles. The second kappa shape index (κ2) is 3.81. The molecule has 0 saturated heterocycles. The Balaban J connectivity index is 0.000000845. The number of aryl methyl sites for hydroxylation is 1. The van der Waals surface area contributed by atoms with Gasteiger partial charge in [-0.25, -0.2) is 0 Å². The average molecular weight is 197 g/mol. The molecule has 2 rings (SSSR count). The van der Waals surface area contributed by atoms with E-state index in [9.17, 15) is 0 Å². The lowest BCUT2D eigenvalue weighted by molar-refractivity contribution is 0.968. The summed E-state index contributed by atoms with van der Waals surface area (Å²) in [5.41, 5.74) is 7.99. The molecule has 0 spiro atoms. The van der Waals surface area contributed by atoms with Crippen LogP contribution in [0.25, 0.3) is 10.9 Å². The molecule has 13 heavy (non-hydrogen) atoms. The number of fused-ring (bicyclic) bond motifs is 1. The molecule has 70 valence electrons. The average Bonchev–Trinajstić information content (AvgIpc) is 2.47. The minimum Gasteiger partial charge on any atom is -0.351 e. The number of nitrogens with two attached hydrogens (primary N) is 1. The highest BCUT2D eigenvalue weighted by molar-refractivity contribution is 5.85. The molecule has 1 aromatic heterocycles. The molecule has 0 unspecified atom stereocenters. The Morgan fingerprint density at radius 2 is 2.08 bits per heavy atom. The van der Waals surface area contributed by atoms with Gasteiger partial charge in [0.05, 0.1) is 0 Å². The van der Waals surface area contributed by atoms with Gasteiger partial charge in [0, 0.05) is 25.3 Å². The maximum Gasteiger partial charge on any atom is 0.0477 e. The van der Waals surface area contributed by atoms with E-state index in [0.29, 0.717) is 6.54 Å². The summed E-state index contributed by atoms with van der Waals surface area (Å²) in [6, 6.07) is 8.42. The van der Waals surface area contributed by atoms with Crippen LogP contribution in [0.2, 0.25) is 0 Å². The van der Waals surface area contributed by atoms with Gasteiger partial charge < -0.3 is 10.3 Å². The van der Waals surface area contributed by atoms with Gasteiger partial charge in [0.1, 0.15) is 0 Å².